The van der Waals surface area contributed by atoms with E-state index in [9.17, 15) is 14.4 Å². The molecule has 1 heterocycles. The van der Waals surface area contributed by atoms with Gasteiger partial charge < -0.3 is 19.1 Å². The van der Waals surface area contributed by atoms with E-state index in [-0.39, 0.29) is 0 Å². The smallest absolute Gasteiger partial charge is 0.420 e. The number of amides is 3. The number of hydrogen-bond acceptors (Lipinski definition) is 6. The molecule has 0 bridgehead atoms. The highest BCUT2D eigenvalue weighted by atomic mass is 16.6. The van der Waals surface area contributed by atoms with Crippen molar-refractivity contribution in [3.63, 3.8) is 0 Å². The largest absolute Gasteiger partial charge is 0.453 e. The fraction of sp³-hybridized carbons (Fsp3) is 0.824. The molecule has 0 unspecified atom stereocenters. The van der Waals surface area contributed by atoms with E-state index in [0.29, 0.717) is 25.9 Å². The molecule has 1 rings (SSSR count). The molecule has 0 saturated carbocycles. The second-order valence-electron chi connectivity index (χ2n) is 8.02. The molecule has 0 aromatic rings. The fourth-order valence-corrected chi connectivity index (χ4v) is 2.43. The van der Waals surface area contributed by atoms with Crippen molar-refractivity contribution in [1.82, 2.24) is 9.80 Å². The van der Waals surface area contributed by atoms with Crippen molar-refractivity contribution < 1.29 is 28.6 Å². The maximum Gasteiger partial charge on any atom is 0.420 e. The first-order chi connectivity index (χ1) is 11.3. The number of nitrogens with zero attached hydrogens (tertiary/aromatic N) is 2. The number of piperidine rings is 1. The van der Waals surface area contributed by atoms with Crippen molar-refractivity contribution in [1.29, 1.82) is 0 Å². The van der Waals surface area contributed by atoms with Crippen molar-refractivity contribution in [3.8, 4) is 0 Å². The van der Waals surface area contributed by atoms with Crippen LogP contribution in [-0.4, -0.2) is 65.5 Å². The first-order valence-electron chi connectivity index (χ1n) is 8.42. The maximum absolute atomic E-state index is 12.6. The molecular weight excluding hydrogens is 328 g/mol. The number of likely N-dealkylation sites (tertiary alicyclic amines) is 1. The maximum atomic E-state index is 12.6. The molecule has 8 nitrogen and oxygen atoms in total. The van der Waals surface area contributed by atoms with Crippen LogP contribution < -0.4 is 0 Å². The zero-order valence-corrected chi connectivity index (χ0v) is 16.2. The van der Waals surface area contributed by atoms with Crippen LogP contribution in [0.15, 0.2) is 0 Å². The molecular formula is C17H30N2O6. The minimum absolute atomic E-state index is 0.388. The molecule has 1 aliphatic rings. The molecule has 1 fully saturated rings. The van der Waals surface area contributed by atoms with Gasteiger partial charge in [-0.3, -0.25) is 0 Å². The average molecular weight is 358 g/mol. The topological polar surface area (TPSA) is 85.4 Å². The molecule has 0 aromatic carbocycles. The van der Waals surface area contributed by atoms with Gasteiger partial charge in [-0.05, 0) is 54.4 Å². The van der Waals surface area contributed by atoms with Gasteiger partial charge in [0.1, 0.15) is 11.2 Å². The van der Waals surface area contributed by atoms with E-state index >= 15 is 0 Å². The van der Waals surface area contributed by atoms with Gasteiger partial charge in [0.2, 0.25) is 0 Å². The Hall–Kier alpha value is -1.99. The van der Waals surface area contributed by atoms with Gasteiger partial charge >= 0.3 is 18.3 Å². The van der Waals surface area contributed by atoms with Gasteiger partial charge in [-0.2, -0.15) is 0 Å². The average Bonchev–Trinajstić information content (AvgIpc) is 2.43. The molecule has 0 aliphatic carbocycles. The molecule has 0 N–H and O–H groups in total. The third-order valence-electron chi connectivity index (χ3n) is 3.44. The second kappa shape index (κ2) is 7.93. The van der Waals surface area contributed by atoms with Gasteiger partial charge in [0, 0.05) is 19.1 Å². The third-order valence-corrected chi connectivity index (χ3v) is 3.44. The van der Waals surface area contributed by atoms with Crippen LogP contribution >= 0.6 is 0 Å². The van der Waals surface area contributed by atoms with Crippen LogP contribution in [0.3, 0.4) is 0 Å². The molecule has 8 heteroatoms. The lowest BCUT2D eigenvalue weighted by atomic mass is 10.0. The van der Waals surface area contributed by atoms with Crippen LogP contribution in [0.4, 0.5) is 14.4 Å². The Morgan fingerprint density at radius 2 is 1.28 bits per heavy atom. The lowest BCUT2D eigenvalue weighted by Crippen LogP contribution is -2.53. The number of carbonyl (C=O) groups excluding carboxylic acids is 3. The summed E-state index contributed by atoms with van der Waals surface area (Å²) < 4.78 is 15.4. The predicted molar refractivity (Wildman–Crippen MR) is 91.3 cm³/mol. The van der Waals surface area contributed by atoms with Gasteiger partial charge in [-0.25, -0.2) is 19.3 Å². The number of methoxy groups -OCH3 is 1. The minimum Gasteiger partial charge on any atom is -0.453 e. The second-order valence-corrected chi connectivity index (χ2v) is 8.02. The zero-order chi connectivity index (χ0) is 19.4. The normalized spacial score (nSPS) is 16.2. The standard InChI is InChI=1S/C17H30N2O6/c1-16(2,3)24-14(21)19(15(22)25-17(4,5)6)12-8-10-18(11-9-12)13(20)23-7/h12H,8-11H2,1-7H3. The highest BCUT2D eigenvalue weighted by molar-refractivity contribution is 5.88. The van der Waals surface area contributed by atoms with Gasteiger partial charge in [0.05, 0.1) is 7.11 Å². The van der Waals surface area contributed by atoms with Crippen LogP contribution in [0, 0.1) is 0 Å². The van der Waals surface area contributed by atoms with Crippen LogP contribution in [0.5, 0.6) is 0 Å². The molecule has 1 aliphatic heterocycles. The Kier molecular flexibility index (Phi) is 6.68. The first-order valence-corrected chi connectivity index (χ1v) is 8.42. The van der Waals surface area contributed by atoms with E-state index in [2.05, 4.69) is 0 Å². The summed E-state index contributed by atoms with van der Waals surface area (Å²) in [5, 5.41) is 0. The van der Waals surface area contributed by atoms with Crippen LogP contribution in [0.2, 0.25) is 0 Å². The van der Waals surface area contributed by atoms with E-state index in [1.807, 2.05) is 0 Å². The molecule has 1 saturated heterocycles. The summed E-state index contributed by atoms with van der Waals surface area (Å²) in [6, 6.07) is -0.398. The Balaban J connectivity index is 2.90. The Bertz CT molecular complexity index is 470. The summed E-state index contributed by atoms with van der Waals surface area (Å²) in [5.41, 5.74) is -1.46. The third kappa shape index (κ3) is 6.80. The Labute approximate surface area is 149 Å². The summed E-state index contributed by atoms with van der Waals surface area (Å²) in [4.78, 5) is 39.3. The fourth-order valence-electron chi connectivity index (χ4n) is 2.43. The molecule has 0 atom stereocenters. The van der Waals surface area contributed by atoms with Crippen LogP contribution in [0.25, 0.3) is 0 Å². The SMILES string of the molecule is COC(=O)N1CCC(N(C(=O)OC(C)(C)C)C(=O)OC(C)(C)C)CC1. The quantitative estimate of drug-likeness (QED) is 0.668. The van der Waals surface area contributed by atoms with E-state index in [1.54, 1.807) is 46.4 Å². The number of ether oxygens (including phenoxy) is 3. The number of carbonyl (C=O) groups is 3. The van der Waals surface area contributed by atoms with Gasteiger partial charge in [-0.15, -0.1) is 0 Å². The van der Waals surface area contributed by atoms with Crippen molar-refractivity contribution in [3.05, 3.63) is 0 Å². The van der Waals surface area contributed by atoms with Crippen LogP contribution in [-0.2, 0) is 14.2 Å². The lowest BCUT2D eigenvalue weighted by molar-refractivity contribution is -0.0130. The predicted octanol–water partition coefficient (Wildman–Crippen LogP) is 3.39. The first kappa shape index (κ1) is 21.1. The van der Waals surface area contributed by atoms with E-state index < -0.39 is 35.5 Å². The van der Waals surface area contributed by atoms with E-state index in [0.717, 1.165) is 4.90 Å². The van der Waals surface area contributed by atoms with Crippen molar-refractivity contribution >= 4 is 18.3 Å². The Morgan fingerprint density at radius 1 is 0.880 bits per heavy atom. The van der Waals surface area contributed by atoms with Gasteiger partial charge in [-0.1, -0.05) is 0 Å². The van der Waals surface area contributed by atoms with Gasteiger partial charge in [0.15, 0.2) is 0 Å². The summed E-state index contributed by atoms with van der Waals surface area (Å²) >= 11 is 0. The van der Waals surface area contributed by atoms with Gasteiger partial charge in [0.25, 0.3) is 0 Å². The van der Waals surface area contributed by atoms with Crippen LogP contribution in [0.1, 0.15) is 54.4 Å². The highest BCUT2D eigenvalue weighted by Crippen LogP contribution is 2.23. The summed E-state index contributed by atoms with van der Waals surface area (Å²) in [6.45, 7) is 11.2. The molecule has 144 valence electrons. The van der Waals surface area contributed by atoms with Crippen molar-refractivity contribution in [2.75, 3.05) is 20.2 Å². The molecule has 3 amide bonds. The van der Waals surface area contributed by atoms with E-state index in [4.69, 9.17) is 14.2 Å². The van der Waals surface area contributed by atoms with Crippen molar-refractivity contribution in [2.24, 2.45) is 0 Å². The molecule has 0 spiro atoms. The zero-order valence-electron chi connectivity index (χ0n) is 16.2. The number of rotatable bonds is 1. The molecule has 0 radical (unpaired) electrons. The minimum atomic E-state index is -0.738. The molecule has 0 aromatic heterocycles. The number of hydrogen-bond donors (Lipinski definition) is 0. The lowest BCUT2D eigenvalue weighted by Gasteiger charge is -2.37. The summed E-state index contributed by atoms with van der Waals surface area (Å²) in [6.07, 6.45) is -1.02. The Morgan fingerprint density at radius 3 is 1.60 bits per heavy atom. The highest BCUT2D eigenvalue weighted by Gasteiger charge is 2.38. The monoisotopic (exact) mass is 358 g/mol. The number of imide groups is 1. The summed E-state index contributed by atoms with van der Waals surface area (Å²) in [5.74, 6) is 0. The van der Waals surface area contributed by atoms with E-state index in [1.165, 1.54) is 7.11 Å². The van der Waals surface area contributed by atoms with Crippen molar-refractivity contribution in [2.45, 2.75) is 71.6 Å². The molecule has 25 heavy (non-hydrogen) atoms. The summed E-state index contributed by atoms with van der Waals surface area (Å²) in [7, 11) is 1.32.